The van der Waals surface area contributed by atoms with E-state index in [1.807, 2.05) is 24.6 Å². The van der Waals surface area contributed by atoms with Crippen molar-refractivity contribution in [3.05, 3.63) is 35.4 Å². The summed E-state index contributed by atoms with van der Waals surface area (Å²) < 4.78 is 15.6. The highest BCUT2D eigenvalue weighted by Gasteiger charge is 2.15. The van der Waals surface area contributed by atoms with Gasteiger partial charge in [0.15, 0.2) is 5.16 Å². The van der Waals surface area contributed by atoms with E-state index in [1.165, 1.54) is 17.8 Å². The molecular formula is C12H15FN4S. The number of aromatic nitrogens is 3. The highest BCUT2D eigenvalue weighted by Crippen LogP contribution is 2.33. The van der Waals surface area contributed by atoms with Gasteiger partial charge in [-0.15, -0.1) is 10.2 Å². The van der Waals surface area contributed by atoms with E-state index in [0.717, 1.165) is 15.9 Å². The molecule has 0 saturated heterocycles. The van der Waals surface area contributed by atoms with Crippen LogP contribution in [0.5, 0.6) is 0 Å². The van der Waals surface area contributed by atoms with E-state index in [1.54, 1.807) is 13.0 Å². The second-order valence-electron chi connectivity index (χ2n) is 4.13. The normalized spacial score (nSPS) is 12.7. The molecule has 1 aromatic heterocycles. The van der Waals surface area contributed by atoms with Crippen molar-refractivity contribution >= 4 is 11.8 Å². The average Bonchev–Trinajstić information content (AvgIpc) is 2.60. The van der Waals surface area contributed by atoms with Gasteiger partial charge in [0.2, 0.25) is 0 Å². The summed E-state index contributed by atoms with van der Waals surface area (Å²) in [4.78, 5) is 0.778. The Balaban J connectivity index is 2.40. The average molecular weight is 266 g/mol. The molecule has 2 rings (SSSR count). The maximum Gasteiger partial charge on any atom is 0.195 e. The third kappa shape index (κ3) is 2.39. The van der Waals surface area contributed by atoms with Crippen molar-refractivity contribution in [1.82, 2.24) is 14.8 Å². The van der Waals surface area contributed by atoms with E-state index in [0.29, 0.717) is 5.56 Å². The van der Waals surface area contributed by atoms with Crippen LogP contribution in [0.15, 0.2) is 28.3 Å². The molecule has 0 aliphatic carbocycles. The van der Waals surface area contributed by atoms with E-state index in [-0.39, 0.29) is 11.9 Å². The van der Waals surface area contributed by atoms with E-state index in [2.05, 4.69) is 10.2 Å². The summed E-state index contributed by atoms with van der Waals surface area (Å²) in [5.74, 6) is 0.533. The molecule has 0 bridgehead atoms. The van der Waals surface area contributed by atoms with E-state index < -0.39 is 0 Å². The van der Waals surface area contributed by atoms with Gasteiger partial charge in [-0.1, -0.05) is 6.07 Å². The molecule has 96 valence electrons. The van der Waals surface area contributed by atoms with Crippen LogP contribution in [0.3, 0.4) is 0 Å². The molecule has 6 heteroatoms. The lowest BCUT2D eigenvalue weighted by atomic mass is 10.1. The molecule has 0 amide bonds. The first-order chi connectivity index (χ1) is 8.50. The summed E-state index contributed by atoms with van der Waals surface area (Å²) in [6.07, 6.45) is 0. The number of halogens is 1. The van der Waals surface area contributed by atoms with Gasteiger partial charge in [0.05, 0.1) is 0 Å². The minimum Gasteiger partial charge on any atom is -0.324 e. The molecule has 1 heterocycles. The zero-order valence-corrected chi connectivity index (χ0v) is 11.3. The highest BCUT2D eigenvalue weighted by molar-refractivity contribution is 7.99. The van der Waals surface area contributed by atoms with Gasteiger partial charge >= 0.3 is 0 Å². The fraction of sp³-hybridized carbons (Fsp3) is 0.333. The predicted molar refractivity (Wildman–Crippen MR) is 68.9 cm³/mol. The van der Waals surface area contributed by atoms with Crippen molar-refractivity contribution in [2.24, 2.45) is 12.8 Å². The number of benzene rings is 1. The van der Waals surface area contributed by atoms with Crippen LogP contribution in [0.25, 0.3) is 0 Å². The molecule has 0 unspecified atom stereocenters. The summed E-state index contributed by atoms with van der Waals surface area (Å²) in [5.41, 5.74) is 6.33. The molecule has 18 heavy (non-hydrogen) atoms. The van der Waals surface area contributed by atoms with Gasteiger partial charge < -0.3 is 10.3 Å². The molecule has 0 aliphatic heterocycles. The lowest BCUT2D eigenvalue weighted by molar-refractivity contribution is 0.585. The van der Waals surface area contributed by atoms with Crippen LogP contribution in [0, 0.1) is 12.7 Å². The van der Waals surface area contributed by atoms with Gasteiger partial charge in [-0.3, -0.25) is 0 Å². The van der Waals surface area contributed by atoms with Crippen molar-refractivity contribution in [3.8, 4) is 0 Å². The van der Waals surface area contributed by atoms with Crippen LogP contribution in [-0.4, -0.2) is 14.8 Å². The quantitative estimate of drug-likeness (QED) is 0.927. The SMILES string of the molecule is Cc1nnc(Sc2cccc(F)c2[C@@H](C)N)n1C. The molecular weight excluding hydrogens is 251 g/mol. The third-order valence-corrected chi connectivity index (χ3v) is 3.84. The summed E-state index contributed by atoms with van der Waals surface area (Å²) >= 11 is 1.37. The first-order valence-corrected chi connectivity index (χ1v) is 6.40. The third-order valence-electron chi connectivity index (χ3n) is 2.72. The van der Waals surface area contributed by atoms with Gasteiger partial charge in [0, 0.05) is 23.5 Å². The molecule has 0 saturated carbocycles. The van der Waals surface area contributed by atoms with Crippen molar-refractivity contribution in [2.75, 3.05) is 0 Å². The molecule has 0 spiro atoms. The number of nitrogens with zero attached hydrogens (tertiary/aromatic N) is 3. The topological polar surface area (TPSA) is 56.7 Å². The zero-order valence-electron chi connectivity index (χ0n) is 10.5. The Hall–Kier alpha value is -1.40. The van der Waals surface area contributed by atoms with Crippen molar-refractivity contribution in [3.63, 3.8) is 0 Å². The molecule has 0 radical (unpaired) electrons. The van der Waals surface area contributed by atoms with Gasteiger partial charge in [0.1, 0.15) is 11.6 Å². The Labute approximate surface area is 109 Å². The highest BCUT2D eigenvalue weighted by atomic mass is 32.2. The standard InChI is InChI=1S/C12H15FN4S/c1-7(14)11-9(13)5-4-6-10(11)18-12-16-15-8(2)17(12)3/h4-7H,14H2,1-3H3/t7-/m1/s1. The minimum atomic E-state index is -0.358. The molecule has 1 atom stereocenters. The van der Waals surface area contributed by atoms with Crippen LogP contribution in [0.2, 0.25) is 0 Å². The monoisotopic (exact) mass is 266 g/mol. The second kappa shape index (κ2) is 5.07. The van der Waals surface area contributed by atoms with Gasteiger partial charge in [-0.05, 0) is 37.7 Å². The lowest BCUT2D eigenvalue weighted by Gasteiger charge is -2.12. The maximum absolute atomic E-state index is 13.8. The molecule has 2 aromatic rings. The maximum atomic E-state index is 13.8. The molecule has 1 aromatic carbocycles. The van der Waals surface area contributed by atoms with Gasteiger partial charge in [0.25, 0.3) is 0 Å². The van der Waals surface area contributed by atoms with Crippen molar-refractivity contribution in [1.29, 1.82) is 0 Å². The zero-order chi connectivity index (χ0) is 13.3. The second-order valence-corrected chi connectivity index (χ2v) is 5.14. The Bertz CT molecular complexity index is 565. The number of hydrogen-bond donors (Lipinski definition) is 1. The van der Waals surface area contributed by atoms with Crippen LogP contribution in [0.1, 0.15) is 24.4 Å². The van der Waals surface area contributed by atoms with E-state index in [4.69, 9.17) is 5.73 Å². The minimum absolute atomic E-state index is 0.283. The first-order valence-electron chi connectivity index (χ1n) is 5.58. The van der Waals surface area contributed by atoms with Crippen LogP contribution in [-0.2, 0) is 7.05 Å². The van der Waals surface area contributed by atoms with E-state index in [9.17, 15) is 4.39 Å². The van der Waals surface area contributed by atoms with E-state index >= 15 is 0 Å². The Morgan fingerprint density at radius 1 is 1.39 bits per heavy atom. The van der Waals surface area contributed by atoms with Crippen LogP contribution >= 0.6 is 11.8 Å². The molecule has 4 nitrogen and oxygen atoms in total. The van der Waals surface area contributed by atoms with Crippen molar-refractivity contribution in [2.45, 2.75) is 29.9 Å². The van der Waals surface area contributed by atoms with Crippen LogP contribution in [0.4, 0.5) is 4.39 Å². The molecule has 2 N–H and O–H groups in total. The molecule has 0 aliphatic rings. The number of nitrogens with two attached hydrogens (primary N) is 1. The number of hydrogen-bond acceptors (Lipinski definition) is 4. The Morgan fingerprint density at radius 3 is 2.67 bits per heavy atom. The number of aryl methyl sites for hydroxylation is 1. The summed E-state index contributed by atoms with van der Waals surface area (Å²) in [5, 5.41) is 8.75. The molecule has 0 fully saturated rings. The van der Waals surface area contributed by atoms with Crippen molar-refractivity contribution < 1.29 is 4.39 Å². The Morgan fingerprint density at radius 2 is 2.11 bits per heavy atom. The smallest absolute Gasteiger partial charge is 0.195 e. The fourth-order valence-electron chi connectivity index (χ4n) is 1.62. The predicted octanol–water partition coefficient (Wildman–Crippen LogP) is 2.43. The van der Waals surface area contributed by atoms with Gasteiger partial charge in [-0.2, -0.15) is 0 Å². The fourth-order valence-corrected chi connectivity index (χ4v) is 2.71. The lowest BCUT2D eigenvalue weighted by Crippen LogP contribution is -2.09. The first kappa shape index (κ1) is 13.0. The summed E-state index contributed by atoms with van der Waals surface area (Å²) in [6.45, 7) is 3.64. The largest absolute Gasteiger partial charge is 0.324 e. The number of rotatable bonds is 3. The van der Waals surface area contributed by atoms with Crippen LogP contribution < -0.4 is 5.73 Å². The van der Waals surface area contributed by atoms with Gasteiger partial charge in [-0.25, -0.2) is 4.39 Å². The summed E-state index contributed by atoms with van der Waals surface area (Å²) in [6, 6.07) is 4.58. The Kier molecular flexibility index (Phi) is 3.68. The summed E-state index contributed by atoms with van der Waals surface area (Å²) in [7, 11) is 1.88.